The molecule has 2 aromatic rings. The van der Waals surface area contributed by atoms with Gasteiger partial charge in [0.1, 0.15) is 6.54 Å². The summed E-state index contributed by atoms with van der Waals surface area (Å²) in [7, 11) is 0. The zero-order valence-corrected chi connectivity index (χ0v) is 15.2. The van der Waals surface area contributed by atoms with Crippen LogP contribution in [0.3, 0.4) is 0 Å². The molecule has 5 nitrogen and oxygen atoms in total. The highest BCUT2D eigenvalue weighted by Gasteiger charge is 2.66. The fourth-order valence-electron chi connectivity index (χ4n) is 5.20. The van der Waals surface area contributed by atoms with Gasteiger partial charge in [-0.05, 0) is 67.2 Å². The minimum atomic E-state index is -0.268. The van der Waals surface area contributed by atoms with Gasteiger partial charge in [0.25, 0.3) is 0 Å². The molecule has 0 aliphatic heterocycles. The van der Waals surface area contributed by atoms with Gasteiger partial charge in [-0.3, -0.25) is 9.36 Å². The lowest BCUT2D eigenvalue weighted by Gasteiger charge is -2.16. The van der Waals surface area contributed by atoms with Crippen LogP contribution in [-0.2, 0) is 11.3 Å². The summed E-state index contributed by atoms with van der Waals surface area (Å²) >= 11 is 3.36. The molecule has 2 unspecified atom stereocenters. The molecule has 2 bridgehead atoms. The van der Waals surface area contributed by atoms with Crippen LogP contribution in [0.25, 0.3) is 0 Å². The maximum atomic E-state index is 12.4. The molecule has 6 heteroatoms. The van der Waals surface area contributed by atoms with Gasteiger partial charge in [0, 0.05) is 21.3 Å². The third-order valence-corrected chi connectivity index (χ3v) is 6.90. The molecule has 1 heterocycles. The summed E-state index contributed by atoms with van der Waals surface area (Å²) in [6.45, 7) is -0.0901. The van der Waals surface area contributed by atoms with Crippen molar-refractivity contribution in [1.82, 2.24) is 4.57 Å². The highest BCUT2D eigenvalue weighted by Crippen LogP contribution is 2.78. The van der Waals surface area contributed by atoms with E-state index in [1.165, 1.54) is 17.4 Å². The molecule has 1 aromatic heterocycles. The third kappa shape index (κ3) is 2.03. The predicted molar refractivity (Wildman–Crippen MR) is 96.9 cm³/mol. The molecule has 3 aliphatic rings. The van der Waals surface area contributed by atoms with Crippen molar-refractivity contribution in [3.63, 3.8) is 0 Å². The van der Waals surface area contributed by atoms with E-state index >= 15 is 0 Å². The molecule has 1 amide bonds. The summed E-state index contributed by atoms with van der Waals surface area (Å²) in [6, 6.07) is 7.30. The van der Waals surface area contributed by atoms with Crippen LogP contribution in [0, 0.1) is 5.41 Å². The van der Waals surface area contributed by atoms with Gasteiger partial charge in [0.2, 0.25) is 5.91 Å². The van der Waals surface area contributed by atoms with Crippen LogP contribution in [0.2, 0.25) is 0 Å². The standard InChI is InChI=1S/C19H19BrN2O3/c20-10-1-3-11(4-2-10)21-14(23)9-22-17(24)15-12-5-6-13(16(15)18(22)25)19(12)7-8-19/h1-4,12-13,24-25H,5-9H2,(H,21,23). The number of nitrogens with one attached hydrogen (secondary N) is 1. The van der Waals surface area contributed by atoms with Crippen molar-refractivity contribution in [1.29, 1.82) is 0 Å². The van der Waals surface area contributed by atoms with Crippen LogP contribution in [-0.4, -0.2) is 20.7 Å². The largest absolute Gasteiger partial charge is 0.494 e. The van der Waals surface area contributed by atoms with Gasteiger partial charge in [-0.1, -0.05) is 15.9 Å². The Labute approximate surface area is 153 Å². The first-order valence-corrected chi connectivity index (χ1v) is 9.50. The fraction of sp³-hybridized carbons (Fsp3) is 0.421. The van der Waals surface area contributed by atoms with Crippen LogP contribution in [0.1, 0.15) is 48.6 Å². The Morgan fingerprint density at radius 2 is 1.68 bits per heavy atom. The van der Waals surface area contributed by atoms with Crippen molar-refractivity contribution in [2.24, 2.45) is 5.41 Å². The number of carbonyl (C=O) groups is 1. The number of amides is 1. The van der Waals surface area contributed by atoms with Crippen LogP contribution in [0.15, 0.2) is 28.7 Å². The van der Waals surface area contributed by atoms with Crippen LogP contribution in [0.5, 0.6) is 11.8 Å². The van der Waals surface area contributed by atoms with Gasteiger partial charge in [-0.25, -0.2) is 0 Å². The molecule has 5 rings (SSSR count). The van der Waals surface area contributed by atoms with E-state index < -0.39 is 0 Å². The molecule has 3 aliphatic carbocycles. The molecule has 25 heavy (non-hydrogen) atoms. The maximum absolute atomic E-state index is 12.4. The van der Waals surface area contributed by atoms with Crippen molar-refractivity contribution in [2.75, 3.05) is 5.32 Å². The molecule has 2 fully saturated rings. The van der Waals surface area contributed by atoms with E-state index in [9.17, 15) is 15.0 Å². The van der Waals surface area contributed by atoms with E-state index in [4.69, 9.17) is 0 Å². The van der Waals surface area contributed by atoms with Crippen LogP contribution >= 0.6 is 15.9 Å². The van der Waals surface area contributed by atoms with Gasteiger partial charge >= 0.3 is 0 Å². The third-order valence-electron chi connectivity index (χ3n) is 6.37. The molecular weight excluding hydrogens is 384 g/mol. The predicted octanol–water partition coefficient (Wildman–Crippen LogP) is 4.06. The number of aromatic nitrogens is 1. The quantitative estimate of drug-likeness (QED) is 0.724. The number of fused-ring (bicyclic) bond motifs is 3. The van der Waals surface area contributed by atoms with Gasteiger partial charge in [0.15, 0.2) is 11.8 Å². The second-order valence-corrected chi connectivity index (χ2v) is 8.45. The minimum absolute atomic E-state index is 0.0805. The summed E-state index contributed by atoms with van der Waals surface area (Å²) in [5, 5.41) is 24.2. The zero-order chi connectivity index (χ0) is 17.3. The maximum Gasteiger partial charge on any atom is 0.244 e. The van der Waals surface area contributed by atoms with Gasteiger partial charge in [0.05, 0.1) is 0 Å². The Morgan fingerprint density at radius 1 is 1.12 bits per heavy atom. The van der Waals surface area contributed by atoms with Crippen molar-refractivity contribution in [2.45, 2.75) is 44.1 Å². The van der Waals surface area contributed by atoms with Gasteiger partial charge in [-0.15, -0.1) is 0 Å². The second kappa shape index (κ2) is 5.04. The van der Waals surface area contributed by atoms with Crippen LogP contribution < -0.4 is 5.32 Å². The highest BCUT2D eigenvalue weighted by molar-refractivity contribution is 9.10. The van der Waals surface area contributed by atoms with E-state index in [0.29, 0.717) is 22.9 Å². The Kier molecular flexibility index (Phi) is 3.08. The lowest BCUT2D eigenvalue weighted by Crippen LogP contribution is -2.18. The molecule has 130 valence electrons. The van der Waals surface area contributed by atoms with E-state index in [-0.39, 0.29) is 24.2 Å². The first-order valence-electron chi connectivity index (χ1n) is 8.71. The average Bonchev–Trinajstić information content (AvgIpc) is 3.20. The fourth-order valence-corrected chi connectivity index (χ4v) is 5.47. The zero-order valence-electron chi connectivity index (χ0n) is 13.6. The molecule has 1 aromatic carbocycles. The number of rotatable bonds is 3. The molecule has 2 saturated carbocycles. The number of hydrogen-bond donors (Lipinski definition) is 3. The Morgan fingerprint density at radius 3 is 2.20 bits per heavy atom. The normalized spacial score (nSPS) is 24.5. The number of carbonyl (C=O) groups excluding carboxylic acids is 1. The molecule has 3 N–H and O–H groups in total. The van der Waals surface area contributed by atoms with Gasteiger partial charge < -0.3 is 15.5 Å². The Balaban J connectivity index is 1.41. The summed E-state index contributed by atoms with van der Waals surface area (Å²) < 4.78 is 2.30. The molecule has 0 saturated heterocycles. The smallest absolute Gasteiger partial charge is 0.244 e. The average molecular weight is 403 g/mol. The van der Waals surface area contributed by atoms with E-state index in [0.717, 1.165) is 28.4 Å². The molecule has 1 spiro atoms. The SMILES string of the molecule is O=C(Cn1c(O)c2c(c1O)C1CCC2C12CC2)Nc1ccc(Br)cc1. The van der Waals surface area contributed by atoms with Crippen molar-refractivity contribution < 1.29 is 15.0 Å². The second-order valence-electron chi connectivity index (χ2n) is 7.53. The number of aromatic hydroxyl groups is 2. The van der Waals surface area contributed by atoms with Crippen molar-refractivity contribution >= 4 is 27.5 Å². The molecular formula is C19H19BrN2O3. The number of hydrogen-bond acceptors (Lipinski definition) is 3. The van der Waals surface area contributed by atoms with E-state index in [1.54, 1.807) is 12.1 Å². The number of nitrogens with zero attached hydrogens (tertiary/aromatic N) is 1. The Hall–Kier alpha value is -1.95. The number of halogens is 1. The Bertz CT molecular complexity index is 846. The van der Waals surface area contributed by atoms with E-state index in [1.807, 2.05) is 12.1 Å². The summed E-state index contributed by atoms with van der Waals surface area (Å²) in [5.41, 5.74) is 2.80. The first kappa shape index (κ1) is 15.3. The lowest BCUT2D eigenvalue weighted by atomic mass is 9.91. The topological polar surface area (TPSA) is 74.5 Å². The van der Waals surface area contributed by atoms with Crippen molar-refractivity contribution in [3.05, 3.63) is 39.9 Å². The molecule has 2 atom stereocenters. The summed E-state index contributed by atoms with van der Waals surface area (Å²) in [6.07, 6.45) is 4.55. The first-order chi connectivity index (χ1) is 12.0. The number of benzene rings is 1. The van der Waals surface area contributed by atoms with Gasteiger partial charge in [-0.2, -0.15) is 0 Å². The van der Waals surface area contributed by atoms with Crippen molar-refractivity contribution in [3.8, 4) is 11.8 Å². The monoisotopic (exact) mass is 402 g/mol. The lowest BCUT2D eigenvalue weighted by molar-refractivity contribution is -0.116. The minimum Gasteiger partial charge on any atom is -0.494 e. The number of anilines is 1. The van der Waals surface area contributed by atoms with Crippen LogP contribution in [0.4, 0.5) is 5.69 Å². The van der Waals surface area contributed by atoms with E-state index in [2.05, 4.69) is 21.2 Å². The molecule has 0 radical (unpaired) electrons. The summed E-state index contributed by atoms with van der Waals surface area (Å²) in [4.78, 5) is 12.4. The highest BCUT2D eigenvalue weighted by atomic mass is 79.9. The summed E-state index contributed by atoms with van der Waals surface area (Å²) in [5.74, 6) is 0.604.